The molecule has 0 aromatic heterocycles. The molecule has 8 heteroatoms. The normalized spacial score (nSPS) is 16.4. The topological polar surface area (TPSA) is 113 Å². The lowest BCUT2D eigenvalue weighted by molar-refractivity contribution is -0.138. The Balaban J connectivity index is 1.89. The van der Waals surface area contributed by atoms with E-state index in [0.29, 0.717) is 16.8 Å². The summed E-state index contributed by atoms with van der Waals surface area (Å²) in [6.07, 6.45) is 0.0197. The van der Waals surface area contributed by atoms with E-state index in [0.717, 1.165) is 0 Å². The third kappa shape index (κ3) is 3.72. The first-order valence-corrected chi connectivity index (χ1v) is 9.84. The van der Waals surface area contributed by atoms with Crippen molar-refractivity contribution < 1.29 is 23.1 Å². The second kappa shape index (κ2) is 6.79. The smallest absolute Gasteiger partial charge is 0.322 e. The van der Waals surface area contributed by atoms with Crippen LogP contribution >= 0.6 is 0 Å². The monoisotopic (exact) mass is 388 g/mol. The van der Waals surface area contributed by atoms with E-state index in [-0.39, 0.29) is 17.2 Å². The summed E-state index contributed by atoms with van der Waals surface area (Å²) >= 11 is 0. The van der Waals surface area contributed by atoms with E-state index < -0.39 is 27.4 Å². The minimum Gasteiger partial charge on any atom is -0.480 e. The van der Waals surface area contributed by atoms with Crippen molar-refractivity contribution >= 4 is 27.6 Å². The molecule has 0 radical (unpaired) electrons. The Morgan fingerprint density at radius 3 is 2.48 bits per heavy atom. The highest BCUT2D eigenvalue weighted by Gasteiger charge is 2.39. The molecule has 2 aromatic carbocycles. The van der Waals surface area contributed by atoms with Crippen molar-refractivity contribution in [3.05, 3.63) is 59.7 Å². The first-order valence-electron chi connectivity index (χ1n) is 8.36. The maximum Gasteiger partial charge on any atom is 0.322 e. The van der Waals surface area contributed by atoms with Crippen molar-refractivity contribution in [3.63, 3.8) is 0 Å². The van der Waals surface area contributed by atoms with Crippen LogP contribution in [0.15, 0.2) is 53.4 Å². The molecule has 0 saturated heterocycles. The molecule has 7 nitrogen and oxygen atoms in total. The lowest BCUT2D eigenvalue weighted by atomic mass is 9.86. The minimum absolute atomic E-state index is 0.0197. The summed E-state index contributed by atoms with van der Waals surface area (Å²) in [6.45, 7) is 3.40. The van der Waals surface area contributed by atoms with Gasteiger partial charge in [-0.3, -0.25) is 9.59 Å². The summed E-state index contributed by atoms with van der Waals surface area (Å²) in [4.78, 5) is 23.5. The molecule has 3 rings (SSSR count). The number of amides is 1. The molecule has 0 fully saturated rings. The lowest BCUT2D eigenvalue weighted by Crippen LogP contribution is -2.42. The molecule has 0 unspecified atom stereocenters. The third-order valence-electron chi connectivity index (χ3n) is 4.67. The van der Waals surface area contributed by atoms with E-state index in [1.165, 1.54) is 18.2 Å². The summed E-state index contributed by atoms with van der Waals surface area (Å²) in [6, 6.07) is 11.8. The number of hydrogen-bond acceptors (Lipinski definition) is 4. The number of rotatable bonds is 6. The molecule has 1 aliphatic heterocycles. The highest BCUT2D eigenvalue weighted by atomic mass is 32.2. The number of nitrogens with one attached hydrogen (secondary N) is 2. The van der Waals surface area contributed by atoms with Crippen LogP contribution in [0.5, 0.6) is 0 Å². The van der Waals surface area contributed by atoms with E-state index in [1.54, 1.807) is 44.2 Å². The lowest BCUT2D eigenvalue weighted by Gasteiger charge is -2.18. The number of fused-ring (bicyclic) bond motifs is 1. The van der Waals surface area contributed by atoms with Crippen LogP contribution in [0.3, 0.4) is 0 Å². The van der Waals surface area contributed by atoms with Gasteiger partial charge in [-0.15, -0.1) is 0 Å². The molecule has 2 aromatic rings. The molecule has 1 atom stereocenters. The number of carboxylic acid groups (broad SMARTS) is 1. The SMILES string of the molecule is CC1(C)C(=O)Nc2ccc(S(=O)(=O)N[C@@H](Cc3ccccc3)C(=O)O)cc21. The molecular formula is C19H20N2O5S. The zero-order chi connectivity index (χ0) is 19.8. The van der Waals surface area contributed by atoms with Gasteiger partial charge in [0.1, 0.15) is 6.04 Å². The van der Waals surface area contributed by atoms with Crippen molar-refractivity contribution in [2.45, 2.75) is 36.6 Å². The maximum atomic E-state index is 12.7. The molecule has 1 aliphatic rings. The number of aliphatic carboxylic acids is 1. The molecule has 0 saturated carbocycles. The molecule has 0 bridgehead atoms. The molecule has 0 aliphatic carbocycles. The van der Waals surface area contributed by atoms with Crippen LogP contribution in [0.4, 0.5) is 5.69 Å². The summed E-state index contributed by atoms with van der Waals surface area (Å²) < 4.78 is 27.8. The number of carbonyl (C=O) groups excluding carboxylic acids is 1. The van der Waals surface area contributed by atoms with Crippen LogP contribution in [0.25, 0.3) is 0 Å². The van der Waals surface area contributed by atoms with Gasteiger partial charge in [-0.25, -0.2) is 8.42 Å². The first-order chi connectivity index (χ1) is 12.6. The molecule has 1 heterocycles. The summed E-state index contributed by atoms with van der Waals surface area (Å²) in [5.74, 6) is -1.48. The fourth-order valence-corrected chi connectivity index (χ4v) is 4.22. The number of sulfonamides is 1. The Bertz CT molecular complexity index is 1000. The van der Waals surface area contributed by atoms with E-state index in [2.05, 4.69) is 10.0 Å². The van der Waals surface area contributed by atoms with Gasteiger partial charge in [-0.2, -0.15) is 4.72 Å². The zero-order valence-corrected chi connectivity index (χ0v) is 15.7. The van der Waals surface area contributed by atoms with Gasteiger partial charge in [0, 0.05) is 5.69 Å². The second-order valence-electron chi connectivity index (χ2n) is 6.99. The highest BCUT2D eigenvalue weighted by Crippen LogP contribution is 2.38. The van der Waals surface area contributed by atoms with Gasteiger partial charge < -0.3 is 10.4 Å². The predicted molar refractivity (Wildman–Crippen MR) is 100.0 cm³/mol. The maximum absolute atomic E-state index is 12.7. The van der Waals surface area contributed by atoms with Crippen LogP contribution in [0.1, 0.15) is 25.0 Å². The molecule has 1 amide bonds. The quantitative estimate of drug-likeness (QED) is 0.699. The van der Waals surface area contributed by atoms with Gasteiger partial charge in [-0.05, 0) is 49.6 Å². The summed E-state index contributed by atoms with van der Waals surface area (Å²) in [7, 11) is -4.08. The average Bonchev–Trinajstić information content (AvgIpc) is 2.84. The van der Waals surface area contributed by atoms with Gasteiger partial charge in [0.2, 0.25) is 15.9 Å². The van der Waals surface area contributed by atoms with Gasteiger partial charge in [0.15, 0.2) is 0 Å². The standard InChI is InChI=1S/C19H20N2O5S/c1-19(2)14-11-13(8-9-15(14)20-18(19)24)27(25,26)21-16(17(22)23)10-12-6-4-3-5-7-12/h3-9,11,16,21H,10H2,1-2H3,(H,20,24)(H,22,23)/t16-/m0/s1. The summed E-state index contributed by atoms with van der Waals surface area (Å²) in [5, 5.41) is 12.1. The van der Waals surface area contributed by atoms with Crippen molar-refractivity contribution in [3.8, 4) is 0 Å². The van der Waals surface area contributed by atoms with E-state index in [9.17, 15) is 23.1 Å². The second-order valence-corrected chi connectivity index (χ2v) is 8.70. The number of hydrogen-bond donors (Lipinski definition) is 3. The Hall–Kier alpha value is -2.71. The number of benzene rings is 2. The Morgan fingerprint density at radius 2 is 1.85 bits per heavy atom. The Morgan fingerprint density at radius 1 is 1.19 bits per heavy atom. The molecule has 0 spiro atoms. The molecule has 3 N–H and O–H groups in total. The number of carboxylic acids is 1. The third-order valence-corrected chi connectivity index (χ3v) is 6.14. The largest absolute Gasteiger partial charge is 0.480 e. The Labute approximate surface area is 157 Å². The summed E-state index contributed by atoms with van der Waals surface area (Å²) in [5.41, 5.74) is 0.961. The first kappa shape index (κ1) is 19.1. The minimum atomic E-state index is -4.08. The van der Waals surface area contributed by atoms with Gasteiger partial charge in [0.25, 0.3) is 0 Å². The van der Waals surface area contributed by atoms with Gasteiger partial charge in [0.05, 0.1) is 10.3 Å². The van der Waals surface area contributed by atoms with Crippen molar-refractivity contribution in [1.82, 2.24) is 4.72 Å². The molecule has 142 valence electrons. The van der Waals surface area contributed by atoms with E-state index in [1.807, 2.05) is 0 Å². The van der Waals surface area contributed by atoms with Crippen molar-refractivity contribution in [2.75, 3.05) is 5.32 Å². The van der Waals surface area contributed by atoms with Gasteiger partial charge in [-0.1, -0.05) is 30.3 Å². The highest BCUT2D eigenvalue weighted by molar-refractivity contribution is 7.89. The molecule has 27 heavy (non-hydrogen) atoms. The Kier molecular flexibility index (Phi) is 4.79. The van der Waals surface area contributed by atoms with Crippen LogP contribution in [-0.4, -0.2) is 31.4 Å². The van der Waals surface area contributed by atoms with Crippen LogP contribution in [-0.2, 0) is 31.4 Å². The van der Waals surface area contributed by atoms with Crippen LogP contribution < -0.4 is 10.0 Å². The van der Waals surface area contributed by atoms with Crippen LogP contribution in [0.2, 0.25) is 0 Å². The van der Waals surface area contributed by atoms with Gasteiger partial charge >= 0.3 is 5.97 Å². The number of anilines is 1. The predicted octanol–water partition coefficient (Wildman–Crippen LogP) is 1.89. The zero-order valence-electron chi connectivity index (χ0n) is 14.9. The van der Waals surface area contributed by atoms with Crippen molar-refractivity contribution in [2.24, 2.45) is 0 Å². The van der Waals surface area contributed by atoms with Crippen LogP contribution in [0, 0.1) is 0 Å². The van der Waals surface area contributed by atoms with E-state index >= 15 is 0 Å². The fourth-order valence-electron chi connectivity index (χ4n) is 3.00. The fraction of sp³-hybridized carbons (Fsp3) is 0.263. The average molecular weight is 388 g/mol. The van der Waals surface area contributed by atoms with E-state index in [4.69, 9.17) is 0 Å². The van der Waals surface area contributed by atoms with Crippen molar-refractivity contribution in [1.29, 1.82) is 0 Å². The number of carbonyl (C=O) groups is 2. The molecular weight excluding hydrogens is 368 g/mol.